The van der Waals surface area contributed by atoms with Gasteiger partial charge in [0.15, 0.2) is 0 Å². The molecule has 114 valence electrons. The summed E-state index contributed by atoms with van der Waals surface area (Å²) in [7, 11) is 0. The first-order valence-corrected chi connectivity index (χ1v) is 7.47. The third-order valence-electron chi connectivity index (χ3n) is 3.50. The summed E-state index contributed by atoms with van der Waals surface area (Å²) in [5, 5.41) is 7.60. The molecule has 1 aromatic carbocycles. The highest BCUT2D eigenvalue weighted by Gasteiger charge is 2.24. The van der Waals surface area contributed by atoms with Gasteiger partial charge in [-0.3, -0.25) is 0 Å². The van der Waals surface area contributed by atoms with Gasteiger partial charge >= 0.3 is 0 Å². The van der Waals surface area contributed by atoms with E-state index < -0.39 is 0 Å². The first kappa shape index (κ1) is 15.9. The molecular weight excluding hydrogens is 293 g/mol. The summed E-state index contributed by atoms with van der Waals surface area (Å²) in [6.07, 6.45) is 0.882. The number of hydrogen-bond acceptors (Lipinski definition) is 4. The van der Waals surface area contributed by atoms with E-state index in [-0.39, 0.29) is 22.8 Å². The molecule has 2 rings (SSSR count). The van der Waals surface area contributed by atoms with Crippen molar-refractivity contribution in [2.75, 3.05) is 6.54 Å². The standard InChI is InChI=1S/C15H19ClFN3O/c1-4-11(9(3)18-5-2)15-19-14(20-21-15)12-7-6-10(17)8-13(12)16/h6-9,11,18H,4-5H2,1-3H3. The Kier molecular flexibility index (Phi) is 5.31. The summed E-state index contributed by atoms with van der Waals surface area (Å²) in [5.41, 5.74) is 0.569. The molecule has 0 saturated carbocycles. The van der Waals surface area contributed by atoms with E-state index in [1.165, 1.54) is 12.1 Å². The minimum absolute atomic E-state index is 0.130. The lowest BCUT2D eigenvalue weighted by Gasteiger charge is -2.19. The van der Waals surface area contributed by atoms with Gasteiger partial charge in [0.25, 0.3) is 0 Å². The van der Waals surface area contributed by atoms with Gasteiger partial charge in [0, 0.05) is 11.6 Å². The zero-order valence-corrected chi connectivity index (χ0v) is 13.1. The van der Waals surface area contributed by atoms with Crippen LogP contribution in [0.15, 0.2) is 22.7 Å². The van der Waals surface area contributed by atoms with Crippen LogP contribution in [0, 0.1) is 5.82 Å². The first-order chi connectivity index (χ1) is 10.1. The number of halogens is 2. The Hall–Kier alpha value is -1.46. The maximum absolute atomic E-state index is 13.1. The lowest BCUT2D eigenvalue weighted by atomic mass is 9.98. The summed E-state index contributed by atoms with van der Waals surface area (Å²) in [6.45, 7) is 7.10. The van der Waals surface area contributed by atoms with E-state index in [1.807, 2.05) is 0 Å². The molecule has 6 heteroatoms. The van der Waals surface area contributed by atoms with Crippen LogP contribution in [0.25, 0.3) is 11.4 Å². The van der Waals surface area contributed by atoms with Crippen molar-refractivity contribution in [2.45, 2.75) is 39.2 Å². The molecule has 1 heterocycles. The molecular formula is C15H19ClFN3O. The summed E-state index contributed by atoms with van der Waals surface area (Å²) in [6, 6.07) is 4.36. The Morgan fingerprint density at radius 1 is 1.38 bits per heavy atom. The average Bonchev–Trinajstić information content (AvgIpc) is 2.89. The van der Waals surface area contributed by atoms with Crippen LogP contribution in [0.4, 0.5) is 4.39 Å². The van der Waals surface area contributed by atoms with Gasteiger partial charge in [0.05, 0.1) is 10.9 Å². The quantitative estimate of drug-likeness (QED) is 0.875. The van der Waals surface area contributed by atoms with Gasteiger partial charge in [-0.15, -0.1) is 0 Å². The van der Waals surface area contributed by atoms with Crippen LogP contribution in [-0.2, 0) is 0 Å². The highest BCUT2D eigenvalue weighted by atomic mass is 35.5. The molecule has 1 aromatic heterocycles. The molecule has 0 fully saturated rings. The fourth-order valence-corrected chi connectivity index (χ4v) is 2.62. The SMILES string of the molecule is CCNC(C)C(CC)c1nc(-c2ccc(F)cc2Cl)no1. The second kappa shape index (κ2) is 7.00. The zero-order chi connectivity index (χ0) is 15.4. The zero-order valence-electron chi connectivity index (χ0n) is 12.4. The predicted molar refractivity (Wildman–Crippen MR) is 80.9 cm³/mol. The fraction of sp³-hybridized carbons (Fsp3) is 0.467. The number of hydrogen-bond donors (Lipinski definition) is 1. The molecule has 21 heavy (non-hydrogen) atoms. The molecule has 0 aliphatic heterocycles. The molecule has 0 spiro atoms. The van der Waals surface area contributed by atoms with Crippen LogP contribution in [0.1, 0.15) is 39.0 Å². The van der Waals surface area contributed by atoms with Crippen LogP contribution in [0.2, 0.25) is 5.02 Å². The third kappa shape index (κ3) is 3.60. The molecule has 0 bridgehead atoms. The highest BCUT2D eigenvalue weighted by molar-refractivity contribution is 6.33. The molecule has 1 N–H and O–H groups in total. The van der Waals surface area contributed by atoms with Gasteiger partial charge in [-0.1, -0.05) is 30.6 Å². The second-order valence-corrected chi connectivity index (χ2v) is 5.35. The van der Waals surface area contributed by atoms with Gasteiger partial charge in [-0.25, -0.2) is 4.39 Å². The molecule has 0 saturated heterocycles. The average molecular weight is 312 g/mol. The summed E-state index contributed by atoms with van der Waals surface area (Å²) < 4.78 is 18.5. The summed E-state index contributed by atoms with van der Waals surface area (Å²) in [5.74, 6) is 0.698. The van der Waals surface area contributed by atoms with E-state index >= 15 is 0 Å². The normalized spacial score (nSPS) is 14.1. The number of nitrogens with one attached hydrogen (secondary N) is 1. The molecule has 0 aliphatic rings. The lowest BCUT2D eigenvalue weighted by Crippen LogP contribution is -2.31. The number of aromatic nitrogens is 2. The van der Waals surface area contributed by atoms with Gasteiger partial charge in [0.1, 0.15) is 5.82 Å². The maximum atomic E-state index is 13.1. The van der Waals surface area contributed by atoms with Gasteiger partial charge in [-0.2, -0.15) is 4.98 Å². The molecule has 0 amide bonds. The fourth-order valence-electron chi connectivity index (χ4n) is 2.37. The summed E-state index contributed by atoms with van der Waals surface area (Å²) in [4.78, 5) is 4.42. The molecule has 0 radical (unpaired) electrons. The number of likely N-dealkylation sites (N-methyl/N-ethyl adjacent to an activating group) is 1. The number of nitrogens with zero attached hydrogens (tertiary/aromatic N) is 2. The minimum atomic E-state index is -0.389. The topological polar surface area (TPSA) is 51.0 Å². The van der Waals surface area contributed by atoms with Crippen molar-refractivity contribution in [2.24, 2.45) is 0 Å². The van der Waals surface area contributed by atoms with Crippen LogP contribution in [0.5, 0.6) is 0 Å². The van der Waals surface area contributed by atoms with Gasteiger partial charge in [0.2, 0.25) is 11.7 Å². The predicted octanol–water partition coefficient (Wildman–Crippen LogP) is 4.02. The minimum Gasteiger partial charge on any atom is -0.339 e. The Morgan fingerprint density at radius 2 is 2.14 bits per heavy atom. The monoisotopic (exact) mass is 311 g/mol. The lowest BCUT2D eigenvalue weighted by molar-refractivity contribution is 0.318. The largest absolute Gasteiger partial charge is 0.339 e. The maximum Gasteiger partial charge on any atom is 0.231 e. The number of benzene rings is 1. The van der Waals surface area contributed by atoms with E-state index in [0.29, 0.717) is 17.3 Å². The van der Waals surface area contributed by atoms with Gasteiger partial charge < -0.3 is 9.84 Å². The first-order valence-electron chi connectivity index (χ1n) is 7.09. The van der Waals surface area contributed by atoms with Crippen LogP contribution in [-0.4, -0.2) is 22.7 Å². The van der Waals surface area contributed by atoms with Crippen molar-refractivity contribution in [3.8, 4) is 11.4 Å². The van der Waals surface area contributed by atoms with E-state index in [2.05, 4.69) is 36.2 Å². The van der Waals surface area contributed by atoms with Crippen molar-refractivity contribution in [3.63, 3.8) is 0 Å². The molecule has 4 nitrogen and oxygen atoms in total. The van der Waals surface area contributed by atoms with E-state index in [9.17, 15) is 4.39 Å². The van der Waals surface area contributed by atoms with Gasteiger partial charge in [-0.05, 0) is 38.1 Å². The smallest absolute Gasteiger partial charge is 0.231 e. The third-order valence-corrected chi connectivity index (χ3v) is 3.81. The molecule has 2 atom stereocenters. The second-order valence-electron chi connectivity index (χ2n) is 4.94. The Morgan fingerprint density at radius 3 is 2.76 bits per heavy atom. The Balaban J connectivity index is 2.28. The van der Waals surface area contributed by atoms with E-state index in [0.717, 1.165) is 13.0 Å². The van der Waals surface area contributed by atoms with Crippen molar-refractivity contribution in [1.29, 1.82) is 0 Å². The summed E-state index contributed by atoms with van der Waals surface area (Å²) >= 11 is 6.03. The van der Waals surface area contributed by atoms with Crippen LogP contribution in [0.3, 0.4) is 0 Å². The van der Waals surface area contributed by atoms with Crippen molar-refractivity contribution in [1.82, 2.24) is 15.5 Å². The molecule has 0 aliphatic carbocycles. The van der Waals surface area contributed by atoms with E-state index in [1.54, 1.807) is 6.07 Å². The van der Waals surface area contributed by atoms with Crippen molar-refractivity contribution in [3.05, 3.63) is 34.9 Å². The highest BCUT2D eigenvalue weighted by Crippen LogP contribution is 2.29. The Bertz CT molecular complexity index is 602. The van der Waals surface area contributed by atoms with Crippen molar-refractivity contribution >= 4 is 11.6 Å². The Labute approximate surface area is 128 Å². The molecule has 2 aromatic rings. The van der Waals surface area contributed by atoms with Crippen LogP contribution >= 0.6 is 11.6 Å². The van der Waals surface area contributed by atoms with Crippen molar-refractivity contribution < 1.29 is 8.91 Å². The molecule has 2 unspecified atom stereocenters. The van der Waals surface area contributed by atoms with Crippen LogP contribution < -0.4 is 5.32 Å². The van der Waals surface area contributed by atoms with E-state index in [4.69, 9.17) is 16.1 Å². The number of rotatable bonds is 6.